The van der Waals surface area contributed by atoms with Crippen molar-refractivity contribution in [2.45, 2.75) is 12.8 Å². The third kappa shape index (κ3) is 2.56. The van der Waals surface area contributed by atoms with Gasteiger partial charge in [-0.05, 0) is 21.0 Å². The molecule has 0 atom stereocenters. The number of nitrogens with one attached hydrogen (secondary N) is 2. The van der Waals surface area contributed by atoms with Crippen LogP contribution in [0.5, 0.6) is 0 Å². The maximum atomic E-state index is 8.91. The summed E-state index contributed by atoms with van der Waals surface area (Å²) in [6.07, 6.45) is 0. The first-order valence-corrected chi connectivity index (χ1v) is 2.22. The first-order valence-electron chi connectivity index (χ1n) is 2.22. The van der Waals surface area contributed by atoms with Gasteiger partial charge in [0, 0.05) is 0 Å². The normalized spacial score (nSPS) is 12.0. The van der Waals surface area contributed by atoms with Crippen LogP contribution in [0.2, 0.25) is 0 Å². The molecule has 0 bridgehead atoms. The Bertz CT molecular complexity index is 47.7. The second-order valence-electron chi connectivity index (χ2n) is 1.57. The van der Waals surface area contributed by atoms with E-state index >= 15 is 0 Å². The fourth-order valence-corrected chi connectivity index (χ4v) is 0.125. The standard InChI is InChI=1S/C4H12N2O/c1-4(7,5-2)6-3/h5-7H,1-3H3. The molecule has 0 spiro atoms. The highest BCUT2D eigenvalue weighted by atomic mass is 16.3. The Kier molecular flexibility index (Phi) is 2.22. The van der Waals surface area contributed by atoms with E-state index in [9.17, 15) is 0 Å². The first-order chi connectivity index (χ1) is 3.12. The molecule has 0 aliphatic rings. The summed E-state index contributed by atoms with van der Waals surface area (Å²) in [5, 5.41) is 14.2. The van der Waals surface area contributed by atoms with Crippen LogP contribution in [0.25, 0.3) is 0 Å². The predicted octanol–water partition coefficient (Wildman–Crippen LogP) is -0.909. The van der Waals surface area contributed by atoms with Crippen LogP contribution in [0.4, 0.5) is 0 Å². The second-order valence-corrected chi connectivity index (χ2v) is 1.57. The van der Waals surface area contributed by atoms with E-state index in [1.165, 1.54) is 0 Å². The fourth-order valence-electron chi connectivity index (χ4n) is 0.125. The van der Waals surface area contributed by atoms with Crippen LogP contribution < -0.4 is 10.6 Å². The summed E-state index contributed by atoms with van der Waals surface area (Å²) in [7, 11) is 3.35. The Morgan fingerprint density at radius 1 is 1.29 bits per heavy atom. The number of aliphatic hydroxyl groups is 1. The van der Waals surface area contributed by atoms with Crippen LogP contribution in [0, 0.1) is 0 Å². The lowest BCUT2D eigenvalue weighted by atomic mass is 10.5. The summed E-state index contributed by atoms with van der Waals surface area (Å²) in [5.74, 6) is -0.917. The van der Waals surface area contributed by atoms with Crippen LogP contribution >= 0.6 is 0 Å². The molecule has 7 heavy (non-hydrogen) atoms. The second kappa shape index (κ2) is 2.26. The summed E-state index contributed by atoms with van der Waals surface area (Å²) in [4.78, 5) is 0. The van der Waals surface area contributed by atoms with E-state index < -0.39 is 5.85 Å². The Morgan fingerprint density at radius 2 is 1.57 bits per heavy atom. The highest BCUT2D eigenvalue weighted by Crippen LogP contribution is 1.84. The molecular formula is C4H12N2O. The van der Waals surface area contributed by atoms with Crippen molar-refractivity contribution < 1.29 is 5.11 Å². The minimum Gasteiger partial charge on any atom is -0.363 e. The van der Waals surface area contributed by atoms with E-state index in [0.717, 1.165) is 0 Å². The molecule has 0 unspecified atom stereocenters. The molecule has 3 N–H and O–H groups in total. The molecule has 0 aromatic rings. The zero-order valence-electron chi connectivity index (χ0n) is 4.95. The summed E-state index contributed by atoms with van der Waals surface area (Å²) in [5.41, 5.74) is 0. The molecule has 44 valence electrons. The molecule has 0 saturated carbocycles. The van der Waals surface area contributed by atoms with Crippen molar-refractivity contribution in [2.24, 2.45) is 0 Å². The van der Waals surface area contributed by atoms with Gasteiger partial charge in [-0.25, -0.2) is 0 Å². The molecule has 0 heterocycles. The maximum absolute atomic E-state index is 8.91. The van der Waals surface area contributed by atoms with Crippen LogP contribution in [-0.4, -0.2) is 25.1 Å². The zero-order chi connectivity index (χ0) is 5.91. The smallest absolute Gasteiger partial charge is 0.168 e. The predicted molar refractivity (Wildman–Crippen MR) is 28.7 cm³/mol. The van der Waals surface area contributed by atoms with Crippen molar-refractivity contribution >= 4 is 0 Å². The van der Waals surface area contributed by atoms with Gasteiger partial charge in [-0.1, -0.05) is 0 Å². The average molecular weight is 104 g/mol. The number of hydrogen-bond donors (Lipinski definition) is 3. The van der Waals surface area contributed by atoms with Gasteiger partial charge in [0.15, 0.2) is 5.85 Å². The minimum absolute atomic E-state index is 0.917. The zero-order valence-corrected chi connectivity index (χ0v) is 4.95. The van der Waals surface area contributed by atoms with Crippen LogP contribution in [-0.2, 0) is 0 Å². The molecule has 0 rings (SSSR count). The molecule has 3 heteroatoms. The molecule has 0 aliphatic heterocycles. The highest BCUT2D eigenvalue weighted by Gasteiger charge is 2.10. The van der Waals surface area contributed by atoms with Crippen molar-refractivity contribution in [2.75, 3.05) is 14.1 Å². The van der Waals surface area contributed by atoms with Gasteiger partial charge in [0.05, 0.1) is 0 Å². The minimum atomic E-state index is -0.917. The maximum Gasteiger partial charge on any atom is 0.168 e. The van der Waals surface area contributed by atoms with Gasteiger partial charge in [0.25, 0.3) is 0 Å². The molecule has 0 radical (unpaired) electrons. The Labute approximate surface area is 43.7 Å². The third-order valence-corrected chi connectivity index (χ3v) is 0.974. The van der Waals surface area contributed by atoms with E-state index in [1.54, 1.807) is 21.0 Å². The van der Waals surface area contributed by atoms with Crippen LogP contribution in [0.1, 0.15) is 6.92 Å². The van der Waals surface area contributed by atoms with Gasteiger partial charge in [-0.15, -0.1) is 0 Å². The summed E-state index contributed by atoms with van der Waals surface area (Å²) >= 11 is 0. The van der Waals surface area contributed by atoms with Gasteiger partial charge in [0.2, 0.25) is 0 Å². The molecule has 0 aromatic heterocycles. The van der Waals surface area contributed by atoms with Crippen LogP contribution in [0.3, 0.4) is 0 Å². The average Bonchev–Trinajstić information content (AvgIpc) is 1.68. The van der Waals surface area contributed by atoms with Crippen molar-refractivity contribution in [1.29, 1.82) is 0 Å². The van der Waals surface area contributed by atoms with E-state index in [4.69, 9.17) is 5.11 Å². The Balaban J connectivity index is 3.36. The lowest BCUT2D eigenvalue weighted by Crippen LogP contribution is -2.50. The highest BCUT2D eigenvalue weighted by molar-refractivity contribution is 4.57. The molecule has 0 aliphatic carbocycles. The summed E-state index contributed by atoms with van der Waals surface area (Å²) in [6.45, 7) is 1.63. The first kappa shape index (κ1) is 6.88. The Hall–Kier alpha value is -0.120. The van der Waals surface area contributed by atoms with Gasteiger partial charge in [-0.3, -0.25) is 10.6 Å². The van der Waals surface area contributed by atoms with E-state index in [2.05, 4.69) is 10.6 Å². The van der Waals surface area contributed by atoms with Crippen molar-refractivity contribution in [3.8, 4) is 0 Å². The molecule has 0 saturated heterocycles. The van der Waals surface area contributed by atoms with Crippen LogP contribution in [0.15, 0.2) is 0 Å². The molecule has 0 fully saturated rings. The lowest BCUT2D eigenvalue weighted by Gasteiger charge is -2.20. The topological polar surface area (TPSA) is 44.3 Å². The monoisotopic (exact) mass is 104 g/mol. The van der Waals surface area contributed by atoms with E-state index in [0.29, 0.717) is 0 Å². The molecule has 3 nitrogen and oxygen atoms in total. The van der Waals surface area contributed by atoms with Gasteiger partial charge >= 0.3 is 0 Å². The van der Waals surface area contributed by atoms with E-state index in [1.807, 2.05) is 0 Å². The number of hydrogen-bond acceptors (Lipinski definition) is 3. The van der Waals surface area contributed by atoms with Gasteiger partial charge < -0.3 is 5.11 Å². The summed E-state index contributed by atoms with van der Waals surface area (Å²) < 4.78 is 0. The fraction of sp³-hybridized carbons (Fsp3) is 1.00. The molecular weight excluding hydrogens is 92.1 g/mol. The largest absolute Gasteiger partial charge is 0.363 e. The summed E-state index contributed by atoms with van der Waals surface area (Å²) in [6, 6.07) is 0. The molecule has 0 aromatic carbocycles. The quantitative estimate of drug-likeness (QED) is 0.397. The van der Waals surface area contributed by atoms with Crippen molar-refractivity contribution in [3.05, 3.63) is 0 Å². The Morgan fingerprint density at radius 3 is 1.57 bits per heavy atom. The number of rotatable bonds is 2. The van der Waals surface area contributed by atoms with Crippen molar-refractivity contribution in [1.82, 2.24) is 10.6 Å². The van der Waals surface area contributed by atoms with E-state index in [-0.39, 0.29) is 0 Å². The lowest BCUT2D eigenvalue weighted by molar-refractivity contribution is 0.00503. The molecule has 0 amide bonds. The van der Waals surface area contributed by atoms with Gasteiger partial charge in [-0.2, -0.15) is 0 Å². The SMILES string of the molecule is CNC(C)(O)NC. The van der Waals surface area contributed by atoms with Crippen molar-refractivity contribution in [3.63, 3.8) is 0 Å². The van der Waals surface area contributed by atoms with Gasteiger partial charge in [0.1, 0.15) is 0 Å². The third-order valence-electron chi connectivity index (χ3n) is 0.974.